The summed E-state index contributed by atoms with van der Waals surface area (Å²) in [6.45, 7) is 2.89. The van der Waals surface area contributed by atoms with Crippen molar-refractivity contribution >= 4 is 35.0 Å². The highest BCUT2D eigenvalue weighted by molar-refractivity contribution is 7.99. The van der Waals surface area contributed by atoms with Gasteiger partial charge in [-0.15, -0.1) is 11.8 Å². The third-order valence-corrected chi connectivity index (χ3v) is 4.84. The Morgan fingerprint density at radius 3 is 2.62 bits per heavy atom. The van der Waals surface area contributed by atoms with Gasteiger partial charge in [0, 0.05) is 16.7 Å². The maximum atomic E-state index is 13.2. The van der Waals surface area contributed by atoms with Crippen LogP contribution in [0.1, 0.15) is 18.5 Å². The quantitative estimate of drug-likeness (QED) is 0.687. The second kappa shape index (κ2) is 8.04. The average Bonchev–Trinajstić information content (AvgIpc) is 2.46. The van der Waals surface area contributed by atoms with Gasteiger partial charge in [-0.1, -0.05) is 42.3 Å². The first-order chi connectivity index (χ1) is 10.1. The number of halogens is 3. The molecular formula is C16H16Cl2FNS. The van der Waals surface area contributed by atoms with Gasteiger partial charge in [0.1, 0.15) is 5.82 Å². The largest absolute Gasteiger partial charge is 0.309 e. The van der Waals surface area contributed by atoms with Gasteiger partial charge in [0.15, 0.2) is 0 Å². The molecule has 5 heteroatoms. The summed E-state index contributed by atoms with van der Waals surface area (Å²) in [5, 5.41) is 4.51. The Bertz CT molecular complexity index is 607. The van der Waals surface area contributed by atoms with Crippen LogP contribution in [0.3, 0.4) is 0 Å². The summed E-state index contributed by atoms with van der Waals surface area (Å²) in [6.07, 6.45) is 0. The van der Waals surface area contributed by atoms with Crippen LogP contribution in [-0.2, 0) is 0 Å². The molecule has 0 radical (unpaired) electrons. The number of nitrogens with one attached hydrogen (secondary N) is 1. The molecular weight excluding hydrogens is 328 g/mol. The number of benzene rings is 2. The van der Waals surface area contributed by atoms with Crippen LogP contribution in [-0.4, -0.2) is 12.3 Å². The SMILES string of the molecule is CCNC(CSc1cccc(F)c1)c1ccc(Cl)c(Cl)c1. The number of hydrogen-bond donors (Lipinski definition) is 1. The average molecular weight is 344 g/mol. The Kier molecular flexibility index (Phi) is 6.37. The lowest BCUT2D eigenvalue weighted by Gasteiger charge is -2.18. The zero-order chi connectivity index (χ0) is 15.2. The fourth-order valence-electron chi connectivity index (χ4n) is 1.98. The van der Waals surface area contributed by atoms with E-state index in [4.69, 9.17) is 23.2 Å². The van der Waals surface area contributed by atoms with Crippen molar-refractivity contribution in [3.8, 4) is 0 Å². The number of hydrogen-bond acceptors (Lipinski definition) is 2. The second-order valence-electron chi connectivity index (χ2n) is 4.55. The minimum atomic E-state index is -0.213. The summed E-state index contributed by atoms with van der Waals surface area (Å²) in [5.41, 5.74) is 1.08. The fourth-order valence-corrected chi connectivity index (χ4v) is 3.33. The summed E-state index contributed by atoms with van der Waals surface area (Å²) in [5.74, 6) is 0.574. The van der Waals surface area contributed by atoms with E-state index in [2.05, 4.69) is 12.2 Å². The fraction of sp³-hybridized carbons (Fsp3) is 0.250. The van der Waals surface area contributed by atoms with Gasteiger partial charge >= 0.3 is 0 Å². The van der Waals surface area contributed by atoms with Crippen molar-refractivity contribution in [1.29, 1.82) is 0 Å². The predicted octanol–water partition coefficient (Wildman–Crippen LogP) is 5.58. The molecule has 21 heavy (non-hydrogen) atoms. The summed E-state index contributed by atoms with van der Waals surface area (Å²) < 4.78 is 13.2. The molecule has 0 aliphatic rings. The molecule has 2 rings (SSSR count). The maximum absolute atomic E-state index is 13.2. The van der Waals surface area contributed by atoms with Gasteiger partial charge in [-0.25, -0.2) is 4.39 Å². The van der Waals surface area contributed by atoms with E-state index in [0.717, 1.165) is 22.8 Å². The topological polar surface area (TPSA) is 12.0 Å². The van der Waals surface area contributed by atoms with Crippen molar-refractivity contribution in [2.24, 2.45) is 0 Å². The molecule has 1 nitrogen and oxygen atoms in total. The smallest absolute Gasteiger partial charge is 0.124 e. The van der Waals surface area contributed by atoms with E-state index in [9.17, 15) is 4.39 Å². The normalized spacial score (nSPS) is 12.4. The summed E-state index contributed by atoms with van der Waals surface area (Å²) in [6, 6.07) is 12.4. The number of thioether (sulfide) groups is 1. The van der Waals surface area contributed by atoms with Crippen molar-refractivity contribution in [3.05, 3.63) is 63.9 Å². The highest BCUT2D eigenvalue weighted by Crippen LogP contribution is 2.29. The van der Waals surface area contributed by atoms with Crippen LogP contribution in [0, 0.1) is 5.82 Å². The molecule has 0 fully saturated rings. The Morgan fingerprint density at radius 1 is 1.14 bits per heavy atom. The van der Waals surface area contributed by atoms with Crippen LogP contribution < -0.4 is 5.32 Å². The Labute approximate surface area is 138 Å². The van der Waals surface area contributed by atoms with Crippen LogP contribution >= 0.6 is 35.0 Å². The molecule has 0 spiro atoms. The van der Waals surface area contributed by atoms with Gasteiger partial charge in [-0.3, -0.25) is 0 Å². The lowest BCUT2D eigenvalue weighted by atomic mass is 10.1. The molecule has 0 saturated heterocycles. The van der Waals surface area contributed by atoms with Gasteiger partial charge < -0.3 is 5.32 Å². The molecule has 0 saturated carbocycles. The molecule has 112 valence electrons. The molecule has 0 aliphatic carbocycles. The van der Waals surface area contributed by atoms with E-state index < -0.39 is 0 Å². The highest BCUT2D eigenvalue weighted by atomic mass is 35.5. The van der Waals surface area contributed by atoms with Crippen LogP contribution in [0.2, 0.25) is 10.0 Å². The third-order valence-electron chi connectivity index (χ3n) is 3.01. The molecule has 1 unspecified atom stereocenters. The first-order valence-corrected chi connectivity index (χ1v) is 8.41. The van der Waals surface area contributed by atoms with Crippen LogP contribution in [0.25, 0.3) is 0 Å². The van der Waals surface area contributed by atoms with Gasteiger partial charge in [0.05, 0.1) is 10.0 Å². The van der Waals surface area contributed by atoms with E-state index in [-0.39, 0.29) is 11.9 Å². The van der Waals surface area contributed by atoms with Gasteiger partial charge in [0.2, 0.25) is 0 Å². The highest BCUT2D eigenvalue weighted by Gasteiger charge is 2.12. The summed E-state index contributed by atoms with van der Waals surface area (Å²) in [4.78, 5) is 0.915. The molecule has 2 aromatic rings. The minimum absolute atomic E-state index is 0.137. The van der Waals surface area contributed by atoms with E-state index >= 15 is 0 Å². The molecule has 2 aromatic carbocycles. The van der Waals surface area contributed by atoms with Crippen molar-refractivity contribution in [1.82, 2.24) is 5.32 Å². The monoisotopic (exact) mass is 343 g/mol. The molecule has 0 amide bonds. The third kappa shape index (κ3) is 4.89. The van der Waals surface area contributed by atoms with E-state index in [0.29, 0.717) is 10.0 Å². The molecule has 1 N–H and O–H groups in total. The molecule has 1 atom stereocenters. The summed E-state index contributed by atoms with van der Waals surface area (Å²) >= 11 is 13.6. The van der Waals surface area contributed by atoms with Gasteiger partial charge in [-0.2, -0.15) is 0 Å². The first-order valence-electron chi connectivity index (χ1n) is 6.67. The predicted molar refractivity (Wildman–Crippen MR) is 90.0 cm³/mol. The standard InChI is InChI=1S/C16H16Cl2FNS/c1-2-20-16(11-6-7-14(17)15(18)8-11)10-21-13-5-3-4-12(19)9-13/h3-9,16,20H,2,10H2,1H3. The van der Waals surface area contributed by atoms with Crippen molar-refractivity contribution in [2.75, 3.05) is 12.3 Å². The molecule has 0 aliphatic heterocycles. The van der Waals surface area contributed by atoms with E-state index in [1.807, 2.05) is 18.2 Å². The lowest BCUT2D eigenvalue weighted by molar-refractivity contribution is 0.605. The zero-order valence-electron chi connectivity index (χ0n) is 11.6. The van der Waals surface area contributed by atoms with Crippen LogP contribution in [0.4, 0.5) is 4.39 Å². The molecule has 0 bridgehead atoms. The van der Waals surface area contributed by atoms with E-state index in [1.54, 1.807) is 30.0 Å². The number of rotatable bonds is 6. The van der Waals surface area contributed by atoms with Crippen molar-refractivity contribution < 1.29 is 4.39 Å². The Balaban J connectivity index is 2.09. The maximum Gasteiger partial charge on any atom is 0.124 e. The second-order valence-corrected chi connectivity index (χ2v) is 6.46. The molecule has 0 aromatic heterocycles. The van der Waals surface area contributed by atoms with Crippen molar-refractivity contribution in [3.63, 3.8) is 0 Å². The molecule has 0 heterocycles. The Morgan fingerprint density at radius 2 is 1.95 bits per heavy atom. The minimum Gasteiger partial charge on any atom is -0.309 e. The Hall–Kier alpha value is -0.740. The van der Waals surface area contributed by atoms with E-state index in [1.165, 1.54) is 6.07 Å². The first kappa shape index (κ1) is 16.6. The summed E-state index contributed by atoms with van der Waals surface area (Å²) in [7, 11) is 0. The van der Waals surface area contributed by atoms with Crippen LogP contribution in [0.15, 0.2) is 47.4 Å². The van der Waals surface area contributed by atoms with Crippen molar-refractivity contribution in [2.45, 2.75) is 17.9 Å². The lowest BCUT2D eigenvalue weighted by Crippen LogP contribution is -2.22. The van der Waals surface area contributed by atoms with Gasteiger partial charge in [0.25, 0.3) is 0 Å². The zero-order valence-corrected chi connectivity index (χ0v) is 13.9. The van der Waals surface area contributed by atoms with Gasteiger partial charge in [-0.05, 0) is 42.4 Å². The van der Waals surface area contributed by atoms with Crippen LogP contribution in [0.5, 0.6) is 0 Å².